The second-order valence-electron chi connectivity index (χ2n) is 5.53. The van der Waals surface area contributed by atoms with Gasteiger partial charge in [0.15, 0.2) is 5.76 Å². The summed E-state index contributed by atoms with van der Waals surface area (Å²) >= 11 is 9.09. The number of hydrogen-bond donors (Lipinski definition) is 1. The van der Waals surface area contributed by atoms with Crippen molar-refractivity contribution in [3.05, 3.63) is 88.2 Å². The van der Waals surface area contributed by atoms with Crippen molar-refractivity contribution in [3.63, 3.8) is 0 Å². The molecule has 0 saturated heterocycles. The van der Waals surface area contributed by atoms with Crippen molar-refractivity contribution in [1.29, 1.82) is 0 Å². The van der Waals surface area contributed by atoms with E-state index in [2.05, 4.69) is 57.3 Å². The minimum absolute atomic E-state index is 0.401. The first kappa shape index (κ1) is 20.1. The number of nitrogens with one attached hydrogen (secondary N) is 1. The zero-order valence-corrected chi connectivity index (χ0v) is 17.2. The summed E-state index contributed by atoms with van der Waals surface area (Å²) in [5, 5.41) is 7.09. The Morgan fingerprint density at radius 1 is 1.31 bits per heavy atom. The molecule has 0 amide bonds. The summed E-state index contributed by atoms with van der Waals surface area (Å²) in [6, 6.07) is 7.81. The summed E-state index contributed by atoms with van der Waals surface area (Å²) < 4.78 is 1.01. The maximum atomic E-state index is 5.65. The Morgan fingerprint density at radius 3 is 2.73 bits per heavy atom. The zero-order chi connectivity index (χ0) is 18.9. The Bertz CT molecular complexity index is 830. The number of nitrogens with zero attached hydrogens (tertiary/aromatic N) is 1. The molecule has 0 aliphatic heterocycles. The molecular formula is C21H21BrN2OS. The molecule has 1 N–H and O–H groups in total. The lowest BCUT2D eigenvalue weighted by molar-refractivity contribution is 0.241. The molecule has 0 spiro atoms. The van der Waals surface area contributed by atoms with E-state index in [9.17, 15) is 0 Å². The van der Waals surface area contributed by atoms with Crippen molar-refractivity contribution in [2.75, 3.05) is 5.32 Å². The molecular weight excluding hydrogens is 408 g/mol. The fourth-order valence-electron chi connectivity index (χ4n) is 2.37. The Balaban J connectivity index is 2.39. The highest BCUT2D eigenvalue weighted by Crippen LogP contribution is 2.26. The van der Waals surface area contributed by atoms with Crippen LogP contribution in [0.3, 0.4) is 0 Å². The quantitative estimate of drug-likeness (QED) is 0.140. The molecule has 5 heteroatoms. The molecule has 0 fully saturated rings. The van der Waals surface area contributed by atoms with Gasteiger partial charge in [-0.15, -0.1) is 0 Å². The van der Waals surface area contributed by atoms with E-state index in [0.717, 1.165) is 33.3 Å². The zero-order valence-electron chi connectivity index (χ0n) is 14.8. The summed E-state index contributed by atoms with van der Waals surface area (Å²) in [6.45, 7) is 7.80. The Kier molecular flexibility index (Phi) is 7.75. The summed E-state index contributed by atoms with van der Waals surface area (Å²) in [4.78, 5) is 5.92. The number of oxime groups is 1. The van der Waals surface area contributed by atoms with Crippen LogP contribution in [0.1, 0.15) is 20.3 Å². The van der Waals surface area contributed by atoms with Gasteiger partial charge >= 0.3 is 0 Å². The normalized spacial score (nSPS) is 14.5. The molecule has 1 aliphatic carbocycles. The molecule has 0 saturated carbocycles. The van der Waals surface area contributed by atoms with Gasteiger partial charge in [-0.2, -0.15) is 0 Å². The number of anilines is 1. The third-order valence-corrected chi connectivity index (χ3v) is 4.50. The highest BCUT2D eigenvalue weighted by molar-refractivity contribution is 9.10. The number of allylic oxidation sites excluding steroid dienone is 7. The topological polar surface area (TPSA) is 33.6 Å². The van der Waals surface area contributed by atoms with Gasteiger partial charge in [-0.05, 0) is 55.7 Å². The van der Waals surface area contributed by atoms with E-state index in [-0.39, 0.29) is 0 Å². The van der Waals surface area contributed by atoms with Crippen LogP contribution in [0.15, 0.2) is 93.3 Å². The van der Waals surface area contributed by atoms with Gasteiger partial charge in [-0.3, -0.25) is 0 Å². The molecule has 0 aromatic heterocycles. The van der Waals surface area contributed by atoms with Gasteiger partial charge in [0.25, 0.3) is 0 Å². The molecule has 1 aromatic carbocycles. The Morgan fingerprint density at radius 2 is 2.04 bits per heavy atom. The van der Waals surface area contributed by atoms with E-state index in [0.29, 0.717) is 10.7 Å². The van der Waals surface area contributed by atoms with Crippen LogP contribution in [-0.4, -0.2) is 11.2 Å². The van der Waals surface area contributed by atoms with Crippen molar-refractivity contribution in [1.82, 2.24) is 0 Å². The molecule has 3 nitrogen and oxygen atoms in total. The standard InChI is InChI=1S/C21H21BrN2OS/c1-4-23-25-16(3)20(15(2)17-9-7-5-6-8-10-17)21(26)24-19-13-11-18(22)12-14-19/h4-5,7-14H,3,6H2,1-2H3,(H,24,26)/b20-15+,23-4+. The molecule has 0 unspecified atom stereocenters. The average Bonchev–Trinajstić information content (AvgIpc) is 2.91. The molecule has 0 heterocycles. The second-order valence-corrected chi connectivity index (χ2v) is 6.85. The first-order valence-corrected chi connectivity index (χ1v) is 9.39. The lowest BCUT2D eigenvalue weighted by atomic mass is 9.99. The highest BCUT2D eigenvalue weighted by atomic mass is 79.9. The number of halogens is 1. The van der Waals surface area contributed by atoms with Gasteiger partial charge in [0.1, 0.15) is 4.99 Å². The number of rotatable bonds is 6. The molecule has 0 bridgehead atoms. The Labute approximate surface area is 168 Å². The minimum Gasteiger partial charge on any atom is -0.357 e. The van der Waals surface area contributed by atoms with Crippen LogP contribution in [-0.2, 0) is 4.84 Å². The maximum absolute atomic E-state index is 5.65. The summed E-state index contributed by atoms with van der Waals surface area (Å²) in [5.41, 5.74) is 3.64. The molecule has 2 rings (SSSR count). The number of thiocarbonyl (C=S) groups is 1. The third kappa shape index (κ3) is 5.64. The van der Waals surface area contributed by atoms with Crippen molar-refractivity contribution in [3.8, 4) is 0 Å². The van der Waals surface area contributed by atoms with Crippen LogP contribution in [0.5, 0.6) is 0 Å². The first-order valence-electron chi connectivity index (χ1n) is 8.18. The van der Waals surface area contributed by atoms with Crippen LogP contribution in [0.4, 0.5) is 5.69 Å². The number of hydrogen-bond acceptors (Lipinski definition) is 3. The first-order chi connectivity index (χ1) is 12.5. The Hall–Kier alpha value is -2.24. The molecule has 26 heavy (non-hydrogen) atoms. The monoisotopic (exact) mass is 428 g/mol. The van der Waals surface area contributed by atoms with Gasteiger partial charge in [0, 0.05) is 16.4 Å². The SMILES string of the molecule is C=C(O/N=C/C)/C(C(=S)Nc1ccc(Br)cc1)=C(/C)C1=CC=CCC=C1. The molecule has 0 radical (unpaired) electrons. The van der Waals surface area contributed by atoms with E-state index >= 15 is 0 Å². The van der Waals surface area contributed by atoms with Crippen LogP contribution in [0.2, 0.25) is 0 Å². The summed E-state index contributed by atoms with van der Waals surface area (Å²) in [7, 11) is 0. The van der Waals surface area contributed by atoms with Gasteiger partial charge in [-0.25, -0.2) is 0 Å². The fraction of sp³-hybridized carbons (Fsp3) is 0.143. The van der Waals surface area contributed by atoms with E-state index in [1.807, 2.05) is 37.3 Å². The van der Waals surface area contributed by atoms with E-state index in [4.69, 9.17) is 17.1 Å². The van der Waals surface area contributed by atoms with Gasteiger partial charge in [0.05, 0.1) is 5.57 Å². The second kappa shape index (κ2) is 10.0. The van der Waals surface area contributed by atoms with Crippen molar-refractivity contribution < 1.29 is 4.84 Å². The minimum atomic E-state index is 0.401. The van der Waals surface area contributed by atoms with Crippen molar-refractivity contribution >= 4 is 45.0 Å². The number of benzene rings is 1. The highest BCUT2D eigenvalue weighted by Gasteiger charge is 2.17. The summed E-state index contributed by atoms with van der Waals surface area (Å²) in [6.07, 6.45) is 12.8. The predicted octanol–water partition coefficient (Wildman–Crippen LogP) is 6.48. The molecule has 0 atom stereocenters. The lowest BCUT2D eigenvalue weighted by Crippen LogP contribution is -2.16. The van der Waals surface area contributed by atoms with Gasteiger partial charge in [0.2, 0.25) is 0 Å². The van der Waals surface area contributed by atoms with Gasteiger partial charge in [-0.1, -0.05) is 70.3 Å². The largest absolute Gasteiger partial charge is 0.357 e. The van der Waals surface area contributed by atoms with E-state index in [1.54, 1.807) is 13.1 Å². The predicted molar refractivity (Wildman–Crippen MR) is 118 cm³/mol. The molecule has 1 aliphatic rings. The maximum Gasteiger partial charge on any atom is 0.161 e. The van der Waals surface area contributed by atoms with E-state index < -0.39 is 0 Å². The summed E-state index contributed by atoms with van der Waals surface area (Å²) in [5.74, 6) is 0.401. The van der Waals surface area contributed by atoms with Crippen molar-refractivity contribution in [2.24, 2.45) is 5.16 Å². The fourth-order valence-corrected chi connectivity index (χ4v) is 3.02. The van der Waals surface area contributed by atoms with Crippen LogP contribution < -0.4 is 5.32 Å². The van der Waals surface area contributed by atoms with E-state index in [1.165, 1.54) is 0 Å². The van der Waals surface area contributed by atoms with Crippen LogP contribution in [0.25, 0.3) is 0 Å². The molecule has 1 aromatic rings. The smallest absolute Gasteiger partial charge is 0.161 e. The lowest BCUT2D eigenvalue weighted by Gasteiger charge is -2.16. The van der Waals surface area contributed by atoms with Crippen LogP contribution in [0, 0.1) is 0 Å². The van der Waals surface area contributed by atoms with Crippen molar-refractivity contribution in [2.45, 2.75) is 20.3 Å². The van der Waals surface area contributed by atoms with Gasteiger partial charge < -0.3 is 10.2 Å². The average molecular weight is 429 g/mol. The molecule has 134 valence electrons. The third-order valence-electron chi connectivity index (χ3n) is 3.67. The van der Waals surface area contributed by atoms with Crippen LogP contribution >= 0.6 is 28.1 Å².